The molecule has 0 aliphatic heterocycles. The highest BCUT2D eigenvalue weighted by molar-refractivity contribution is 5.85. The number of rotatable bonds is 4. The summed E-state index contributed by atoms with van der Waals surface area (Å²) in [7, 11) is 0. The van der Waals surface area contributed by atoms with E-state index < -0.39 is 0 Å². The largest absolute Gasteiger partial charge is 0.469 e. The minimum atomic E-state index is 0. The van der Waals surface area contributed by atoms with Gasteiger partial charge in [-0.05, 0) is 48.6 Å². The molecule has 3 rings (SSSR count). The van der Waals surface area contributed by atoms with Gasteiger partial charge in [0.05, 0.1) is 6.26 Å². The van der Waals surface area contributed by atoms with E-state index in [1.165, 1.54) is 17.5 Å². The molecule has 3 N–H and O–H groups in total. The van der Waals surface area contributed by atoms with Crippen molar-refractivity contribution in [1.29, 1.82) is 0 Å². The van der Waals surface area contributed by atoms with Gasteiger partial charge in [-0.3, -0.25) is 0 Å². The average molecular weight is 329 g/mol. The summed E-state index contributed by atoms with van der Waals surface area (Å²) >= 11 is 0. The Balaban J connectivity index is 0.00000110. The molecular weight excluding hydrogens is 307 g/mol. The van der Waals surface area contributed by atoms with E-state index in [0.717, 1.165) is 37.3 Å². The highest BCUT2D eigenvalue weighted by atomic mass is 35.5. The zero-order chi connectivity index (χ0) is 13.1. The van der Waals surface area contributed by atoms with Crippen LogP contribution in [0.25, 0.3) is 0 Å². The number of hydrogen-bond acceptors (Lipinski definition) is 3. The number of benzene rings is 1. The highest BCUT2D eigenvalue weighted by Gasteiger charge is 2.19. The van der Waals surface area contributed by atoms with Gasteiger partial charge in [-0.2, -0.15) is 0 Å². The SMILES string of the molecule is Cl.Cl.Nc1cccc2c1CCC(NCCc1ccco1)C2. The van der Waals surface area contributed by atoms with Crippen molar-refractivity contribution in [1.82, 2.24) is 5.32 Å². The minimum absolute atomic E-state index is 0. The molecule has 3 nitrogen and oxygen atoms in total. The van der Waals surface area contributed by atoms with Gasteiger partial charge in [0.25, 0.3) is 0 Å². The van der Waals surface area contributed by atoms with Crippen LogP contribution in [0.3, 0.4) is 0 Å². The Kier molecular flexibility index (Phi) is 7.09. The van der Waals surface area contributed by atoms with Crippen LogP contribution in [0, 0.1) is 0 Å². The molecule has 0 fully saturated rings. The molecule has 5 heteroatoms. The maximum atomic E-state index is 6.02. The van der Waals surface area contributed by atoms with Crippen LogP contribution in [-0.2, 0) is 19.3 Å². The molecule has 0 bridgehead atoms. The van der Waals surface area contributed by atoms with Crippen LogP contribution in [0.2, 0.25) is 0 Å². The van der Waals surface area contributed by atoms with Crippen molar-refractivity contribution in [3.05, 3.63) is 53.5 Å². The van der Waals surface area contributed by atoms with Gasteiger partial charge in [0.1, 0.15) is 5.76 Å². The molecule has 1 aromatic carbocycles. The van der Waals surface area contributed by atoms with E-state index in [4.69, 9.17) is 10.2 Å². The van der Waals surface area contributed by atoms with Crippen LogP contribution in [0.15, 0.2) is 41.0 Å². The van der Waals surface area contributed by atoms with E-state index in [9.17, 15) is 0 Å². The van der Waals surface area contributed by atoms with E-state index in [1.807, 2.05) is 18.2 Å². The third-order valence-corrected chi connectivity index (χ3v) is 3.90. The molecule has 1 aromatic heterocycles. The van der Waals surface area contributed by atoms with Crippen molar-refractivity contribution in [2.45, 2.75) is 31.7 Å². The molecule has 0 saturated carbocycles. The number of halogens is 2. The van der Waals surface area contributed by atoms with Crippen molar-refractivity contribution in [3.8, 4) is 0 Å². The van der Waals surface area contributed by atoms with Crippen LogP contribution in [0.1, 0.15) is 23.3 Å². The Bertz CT molecular complexity index is 543. The molecule has 2 aromatic rings. The minimum Gasteiger partial charge on any atom is -0.469 e. The fourth-order valence-corrected chi connectivity index (χ4v) is 2.87. The van der Waals surface area contributed by atoms with E-state index >= 15 is 0 Å². The van der Waals surface area contributed by atoms with Crippen LogP contribution < -0.4 is 11.1 Å². The molecular formula is C16H22Cl2N2O. The quantitative estimate of drug-likeness (QED) is 0.846. The van der Waals surface area contributed by atoms with Gasteiger partial charge in [-0.1, -0.05) is 12.1 Å². The van der Waals surface area contributed by atoms with E-state index in [2.05, 4.69) is 17.4 Å². The zero-order valence-corrected chi connectivity index (χ0v) is 13.5. The topological polar surface area (TPSA) is 51.2 Å². The average Bonchev–Trinajstić information content (AvgIpc) is 2.92. The maximum Gasteiger partial charge on any atom is 0.105 e. The monoisotopic (exact) mass is 328 g/mol. The second kappa shape index (κ2) is 8.32. The molecule has 1 aliphatic carbocycles. The van der Waals surface area contributed by atoms with Crippen LogP contribution in [0.4, 0.5) is 5.69 Å². The Hall–Kier alpha value is -1.16. The van der Waals surface area contributed by atoms with E-state index in [1.54, 1.807) is 6.26 Å². The van der Waals surface area contributed by atoms with Gasteiger partial charge in [0.2, 0.25) is 0 Å². The Morgan fingerprint density at radius 3 is 2.81 bits per heavy atom. The predicted molar refractivity (Wildman–Crippen MR) is 91.6 cm³/mol. The fourth-order valence-electron chi connectivity index (χ4n) is 2.87. The van der Waals surface area contributed by atoms with Gasteiger partial charge in [0, 0.05) is 24.7 Å². The summed E-state index contributed by atoms with van der Waals surface area (Å²) in [4.78, 5) is 0. The summed E-state index contributed by atoms with van der Waals surface area (Å²) in [6.07, 6.45) is 6.01. The Morgan fingerprint density at radius 1 is 1.19 bits per heavy atom. The lowest BCUT2D eigenvalue weighted by molar-refractivity contribution is 0.441. The van der Waals surface area contributed by atoms with Crippen molar-refractivity contribution in [3.63, 3.8) is 0 Å². The number of furan rings is 1. The number of nitrogen functional groups attached to an aromatic ring is 1. The number of hydrogen-bond donors (Lipinski definition) is 2. The van der Waals surface area contributed by atoms with Gasteiger partial charge in [-0.15, -0.1) is 24.8 Å². The normalized spacial score (nSPS) is 16.5. The lowest BCUT2D eigenvalue weighted by Crippen LogP contribution is -2.36. The van der Waals surface area contributed by atoms with Crippen molar-refractivity contribution in [2.75, 3.05) is 12.3 Å². The second-order valence-corrected chi connectivity index (χ2v) is 5.21. The molecule has 116 valence electrons. The first-order valence-corrected chi connectivity index (χ1v) is 6.95. The van der Waals surface area contributed by atoms with Crippen molar-refractivity contribution < 1.29 is 4.42 Å². The summed E-state index contributed by atoms with van der Waals surface area (Å²) in [5.74, 6) is 1.05. The summed E-state index contributed by atoms with van der Waals surface area (Å²) in [5, 5.41) is 3.62. The lowest BCUT2D eigenvalue weighted by atomic mass is 9.87. The molecule has 1 atom stereocenters. The molecule has 0 radical (unpaired) electrons. The van der Waals surface area contributed by atoms with Crippen LogP contribution in [-0.4, -0.2) is 12.6 Å². The summed E-state index contributed by atoms with van der Waals surface area (Å²) in [5.41, 5.74) is 9.73. The van der Waals surface area contributed by atoms with Crippen LogP contribution in [0.5, 0.6) is 0 Å². The van der Waals surface area contributed by atoms with Gasteiger partial charge in [0.15, 0.2) is 0 Å². The third-order valence-electron chi connectivity index (χ3n) is 3.90. The zero-order valence-electron chi connectivity index (χ0n) is 11.9. The smallest absolute Gasteiger partial charge is 0.105 e. The maximum absolute atomic E-state index is 6.02. The third kappa shape index (κ3) is 4.40. The number of nitrogens with one attached hydrogen (secondary N) is 1. The van der Waals surface area contributed by atoms with Gasteiger partial charge >= 0.3 is 0 Å². The van der Waals surface area contributed by atoms with Crippen molar-refractivity contribution >= 4 is 30.5 Å². The second-order valence-electron chi connectivity index (χ2n) is 5.21. The van der Waals surface area contributed by atoms with Gasteiger partial charge in [-0.25, -0.2) is 0 Å². The first-order valence-electron chi connectivity index (χ1n) is 6.95. The standard InChI is InChI=1S/C16H20N2O.2ClH/c17-16-5-1-3-12-11-13(6-7-15(12)16)18-9-8-14-4-2-10-19-14;;/h1-5,10,13,18H,6-9,11,17H2;2*1H. The Morgan fingerprint density at radius 2 is 2.05 bits per heavy atom. The molecule has 1 unspecified atom stereocenters. The molecule has 0 spiro atoms. The van der Waals surface area contributed by atoms with Gasteiger partial charge < -0.3 is 15.5 Å². The predicted octanol–water partition coefficient (Wildman–Crippen LogP) is 3.40. The molecule has 0 saturated heterocycles. The Labute approximate surface area is 138 Å². The molecule has 1 aliphatic rings. The molecule has 21 heavy (non-hydrogen) atoms. The first-order chi connectivity index (χ1) is 9.33. The lowest BCUT2D eigenvalue weighted by Gasteiger charge is -2.26. The van der Waals surface area contributed by atoms with E-state index in [0.29, 0.717) is 6.04 Å². The number of fused-ring (bicyclic) bond motifs is 1. The van der Waals surface area contributed by atoms with E-state index in [-0.39, 0.29) is 24.8 Å². The summed E-state index contributed by atoms with van der Waals surface area (Å²) in [6, 6.07) is 10.8. The highest BCUT2D eigenvalue weighted by Crippen LogP contribution is 2.26. The van der Waals surface area contributed by atoms with Crippen molar-refractivity contribution in [2.24, 2.45) is 0 Å². The fraction of sp³-hybridized carbons (Fsp3) is 0.375. The molecule has 0 amide bonds. The first kappa shape index (κ1) is 17.9. The summed E-state index contributed by atoms with van der Waals surface area (Å²) < 4.78 is 5.34. The number of nitrogens with two attached hydrogens (primary N) is 1. The number of anilines is 1. The summed E-state index contributed by atoms with van der Waals surface area (Å²) in [6.45, 7) is 0.968. The van der Waals surface area contributed by atoms with Crippen LogP contribution >= 0.6 is 24.8 Å². The molecule has 1 heterocycles.